The molecule has 0 aliphatic heterocycles. The second kappa shape index (κ2) is 5.19. The van der Waals surface area contributed by atoms with Crippen LogP contribution < -0.4 is 0 Å². The van der Waals surface area contributed by atoms with Crippen molar-refractivity contribution in [3.05, 3.63) is 36.0 Å². The minimum atomic E-state index is 0.708. The molecule has 14 heavy (non-hydrogen) atoms. The van der Waals surface area contributed by atoms with Crippen molar-refractivity contribution < 1.29 is 9.53 Å². The molecule has 2 rings (SSSR count). The molecule has 0 bridgehead atoms. The number of nitrogens with one attached hydrogen (secondary N) is 1. The number of H-pyrrole nitrogens is 1. The van der Waals surface area contributed by atoms with E-state index in [9.17, 15) is 4.79 Å². The molecule has 74 valence electrons. The molecule has 0 saturated heterocycles. The van der Waals surface area contributed by atoms with E-state index in [1.807, 2.05) is 30.5 Å². The Morgan fingerprint density at radius 2 is 2.00 bits per heavy atom. The molecule has 1 N–H and O–H groups in total. The molecule has 2 aromatic rings. The summed E-state index contributed by atoms with van der Waals surface area (Å²) in [6.45, 7) is 0. The van der Waals surface area contributed by atoms with E-state index in [-0.39, 0.29) is 0 Å². The maximum Gasteiger partial charge on any atom is 0.150 e. The van der Waals surface area contributed by atoms with Gasteiger partial charge in [-0.1, -0.05) is 12.1 Å². The van der Waals surface area contributed by atoms with Gasteiger partial charge in [-0.25, -0.2) is 0 Å². The summed E-state index contributed by atoms with van der Waals surface area (Å²) in [4.78, 5) is 13.4. The highest BCUT2D eigenvalue weighted by Gasteiger charge is 1.94. The van der Waals surface area contributed by atoms with Gasteiger partial charge >= 0.3 is 0 Å². The predicted molar refractivity (Wildman–Crippen MR) is 56.6 cm³/mol. The van der Waals surface area contributed by atoms with Gasteiger partial charge in [0.1, 0.15) is 6.29 Å². The Kier molecular flexibility index (Phi) is 3.88. The largest absolute Gasteiger partial charge is 0.388 e. The zero-order valence-corrected chi connectivity index (χ0v) is 8.28. The average molecular weight is 191 g/mol. The topological polar surface area (TPSA) is 42.1 Å². The van der Waals surface area contributed by atoms with Crippen LogP contribution in [0.4, 0.5) is 0 Å². The molecule has 0 radical (unpaired) electrons. The molecule has 1 aromatic carbocycles. The molecular weight excluding hydrogens is 178 g/mol. The van der Waals surface area contributed by atoms with Crippen LogP contribution >= 0.6 is 0 Å². The van der Waals surface area contributed by atoms with Crippen LogP contribution in [0, 0.1) is 0 Å². The van der Waals surface area contributed by atoms with Gasteiger partial charge in [-0.3, -0.25) is 4.79 Å². The van der Waals surface area contributed by atoms with E-state index in [0.717, 1.165) is 17.2 Å². The molecule has 0 saturated carbocycles. The Morgan fingerprint density at radius 3 is 2.64 bits per heavy atom. The van der Waals surface area contributed by atoms with Crippen molar-refractivity contribution in [1.29, 1.82) is 0 Å². The summed E-state index contributed by atoms with van der Waals surface area (Å²) in [6.07, 6.45) is 2.71. The van der Waals surface area contributed by atoms with E-state index in [1.165, 1.54) is 0 Å². The van der Waals surface area contributed by atoms with Crippen molar-refractivity contribution in [1.82, 2.24) is 4.98 Å². The number of benzene rings is 1. The van der Waals surface area contributed by atoms with E-state index < -0.39 is 0 Å². The lowest BCUT2D eigenvalue weighted by Gasteiger charge is -1.89. The molecule has 0 fully saturated rings. The van der Waals surface area contributed by atoms with Gasteiger partial charge < -0.3 is 9.72 Å². The smallest absolute Gasteiger partial charge is 0.150 e. The van der Waals surface area contributed by atoms with Gasteiger partial charge in [0, 0.05) is 31.5 Å². The molecule has 0 atom stereocenters. The number of rotatable bonds is 1. The predicted octanol–water partition coefficient (Wildman–Crippen LogP) is 2.24. The number of aldehydes is 1. The summed E-state index contributed by atoms with van der Waals surface area (Å²) in [5.41, 5.74) is 1.72. The number of carbonyl (C=O) groups is 1. The third kappa shape index (κ3) is 2.44. The van der Waals surface area contributed by atoms with Crippen LogP contribution in [0.15, 0.2) is 30.5 Å². The molecule has 0 spiro atoms. The minimum Gasteiger partial charge on any atom is -0.388 e. The van der Waals surface area contributed by atoms with Crippen LogP contribution in [0.5, 0.6) is 0 Å². The SMILES string of the molecule is COC.O=Cc1ccc2cc[nH]c2c1. The van der Waals surface area contributed by atoms with Gasteiger partial charge in [0.25, 0.3) is 0 Å². The van der Waals surface area contributed by atoms with E-state index in [2.05, 4.69) is 9.72 Å². The van der Waals surface area contributed by atoms with Crippen LogP contribution in [0.3, 0.4) is 0 Å². The number of ether oxygens (including phenoxy) is 1. The quantitative estimate of drug-likeness (QED) is 0.702. The Balaban J connectivity index is 0.000000293. The van der Waals surface area contributed by atoms with E-state index in [1.54, 1.807) is 14.2 Å². The molecule has 1 heterocycles. The third-order valence-corrected chi connectivity index (χ3v) is 1.72. The van der Waals surface area contributed by atoms with Crippen molar-refractivity contribution >= 4 is 17.2 Å². The zero-order valence-electron chi connectivity index (χ0n) is 8.28. The Morgan fingerprint density at radius 1 is 1.29 bits per heavy atom. The van der Waals surface area contributed by atoms with Gasteiger partial charge in [-0.15, -0.1) is 0 Å². The maximum atomic E-state index is 10.4. The number of hydrogen-bond donors (Lipinski definition) is 1. The van der Waals surface area contributed by atoms with Crippen molar-refractivity contribution in [2.75, 3.05) is 14.2 Å². The van der Waals surface area contributed by atoms with Crippen LogP contribution in [0.1, 0.15) is 10.4 Å². The highest BCUT2D eigenvalue weighted by Crippen LogP contribution is 2.12. The second-order valence-electron chi connectivity index (χ2n) is 2.85. The summed E-state index contributed by atoms with van der Waals surface area (Å²) in [7, 11) is 3.25. The van der Waals surface area contributed by atoms with Crippen LogP contribution in [0.2, 0.25) is 0 Å². The first kappa shape index (κ1) is 10.5. The number of aromatic amines is 1. The highest BCUT2D eigenvalue weighted by atomic mass is 16.4. The zero-order chi connectivity index (χ0) is 10.4. The molecule has 0 amide bonds. The van der Waals surface area contributed by atoms with Gasteiger partial charge in [0.05, 0.1) is 0 Å². The summed E-state index contributed by atoms with van der Waals surface area (Å²) in [5.74, 6) is 0. The first-order valence-electron chi connectivity index (χ1n) is 4.24. The number of fused-ring (bicyclic) bond motifs is 1. The Bertz CT molecular complexity index is 406. The minimum absolute atomic E-state index is 0.708. The lowest BCUT2D eigenvalue weighted by molar-refractivity contribution is 0.112. The lowest BCUT2D eigenvalue weighted by Crippen LogP contribution is -1.77. The standard InChI is InChI=1S/C9H7NO.C2H6O/c11-6-7-1-2-8-3-4-10-9(8)5-7;1-3-2/h1-6,10H;1-2H3. The molecule has 0 aliphatic rings. The first-order chi connectivity index (χ1) is 6.81. The summed E-state index contributed by atoms with van der Waals surface area (Å²) in [6, 6.07) is 7.55. The number of hydrogen-bond acceptors (Lipinski definition) is 2. The van der Waals surface area contributed by atoms with Crippen LogP contribution in [-0.4, -0.2) is 25.5 Å². The molecule has 0 unspecified atom stereocenters. The van der Waals surface area contributed by atoms with Crippen LogP contribution in [0.25, 0.3) is 10.9 Å². The Labute approximate surface area is 82.7 Å². The van der Waals surface area contributed by atoms with Crippen LogP contribution in [-0.2, 0) is 4.74 Å². The van der Waals surface area contributed by atoms with E-state index in [0.29, 0.717) is 5.56 Å². The third-order valence-electron chi connectivity index (χ3n) is 1.72. The van der Waals surface area contributed by atoms with Gasteiger partial charge in [-0.05, 0) is 17.5 Å². The lowest BCUT2D eigenvalue weighted by atomic mass is 10.2. The number of aromatic nitrogens is 1. The fourth-order valence-corrected chi connectivity index (χ4v) is 1.14. The molecule has 3 nitrogen and oxygen atoms in total. The van der Waals surface area contributed by atoms with E-state index >= 15 is 0 Å². The molecular formula is C11H13NO2. The molecule has 0 aliphatic carbocycles. The maximum absolute atomic E-state index is 10.4. The normalized spacial score (nSPS) is 9.29. The summed E-state index contributed by atoms with van der Waals surface area (Å²) in [5, 5.41) is 1.13. The average Bonchev–Trinajstić information content (AvgIpc) is 2.65. The first-order valence-corrected chi connectivity index (χ1v) is 4.24. The van der Waals surface area contributed by atoms with Crippen molar-refractivity contribution in [2.45, 2.75) is 0 Å². The summed E-state index contributed by atoms with van der Waals surface area (Å²) < 4.78 is 4.25. The highest BCUT2D eigenvalue weighted by molar-refractivity contribution is 5.86. The Hall–Kier alpha value is -1.61. The monoisotopic (exact) mass is 191 g/mol. The van der Waals surface area contributed by atoms with Crippen molar-refractivity contribution in [3.63, 3.8) is 0 Å². The summed E-state index contributed by atoms with van der Waals surface area (Å²) >= 11 is 0. The second-order valence-corrected chi connectivity index (χ2v) is 2.85. The van der Waals surface area contributed by atoms with Gasteiger partial charge in [0.15, 0.2) is 0 Å². The van der Waals surface area contributed by atoms with Gasteiger partial charge in [-0.2, -0.15) is 0 Å². The number of carbonyl (C=O) groups excluding carboxylic acids is 1. The number of methoxy groups -OCH3 is 1. The van der Waals surface area contributed by atoms with E-state index in [4.69, 9.17) is 0 Å². The molecule has 3 heteroatoms. The molecule has 1 aromatic heterocycles. The van der Waals surface area contributed by atoms with Crippen molar-refractivity contribution in [3.8, 4) is 0 Å². The fraction of sp³-hybridized carbons (Fsp3) is 0.182. The fourth-order valence-electron chi connectivity index (χ4n) is 1.14. The van der Waals surface area contributed by atoms with Crippen molar-refractivity contribution in [2.24, 2.45) is 0 Å². The van der Waals surface area contributed by atoms with Gasteiger partial charge in [0.2, 0.25) is 0 Å².